The Morgan fingerprint density at radius 1 is 1.41 bits per heavy atom. The second-order valence-electron chi connectivity index (χ2n) is 3.41. The van der Waals surface area contributed by atoms with E-state index < -0.39 is 17.2 Å². The smallest absolute Gasteiger partial charge is 0.353 e. The minimum Gasteiger partial charge on any atom is -0.477 e. The number of aromatic nitrogens is 1. The lowest BCUT2D eigenvalue weighted by molar-refractivity contribution is 0.0688. The molecule has 0 atom stereocenters. The number of carboxylic acid groups (broad SMARTS) is 1. The first-order valence-electron chi connectivity index (χ1n) is 4.75. The van der Waals surface area contributed by atoms with E-state index in [-0.39, 0.29) is 11.1 Å². The normalized spacial score (nSPS) is 10.4. The maximum Gasteiger partial charge on any atom is 0.353 e. The van der Waals surface area contributed by atoms with Gasteiger partial charge in [-0.2, -0.15) is 0 Å². The van der Waals surface area contributed by atoms with Crippen LogP contribution in [-0.2, 0) is 0 Å². The highest BCUT2D eigenvalue weighted by Gasteiger charge is 2.13. The van der Waals surface area contributed by atoms with Crippen LogP contribution in [0.4, 0.5) is 4.39 Å². The van der Waals surface area contributed by atoms with Gasteiger partial charge in [-0.3, -0.25) is 4.79 Å². The topological polar surface area (TPSA) is 59.3 Å². The molecule has 0 saturated heterocycles. The molecule has 5 heteroatoms. The number of nitrogens with zero attached hydrogens (tertiary/aromatic N) is 1. The van der Waals surface area contributed by atoms with Crippen molar-refractivity contribution in [3.05, 3.63) is 52.6 Å². The van der Waals surface area contributed by atoms with Crippen molar-refractivity contribution >= 4 is 23.1 Å². The molecule has 0 aliphatic rings. The molecule has 2 rings (SSSR count). The Balaban J connectivity index is 3.01. The van der Waals surface area contributed by atoms with Crippen LogP contribution in [0.3, 0.4) is 0 Å². The highest BCUT2D eigenvalue weighted by Crippen LogP contribution is 2.15. The summed E-state index contributed by atoms with van der Waals surface area (Å²) in [6.07, 6.45) is 1.27. The van der Waals surface area contributed by atoms with Gasteiger partial charge in [-0.05, 0) is 18.2 Å². The third kappa shape index (κ3) is 1.71. The average Bonchev–Trinajstić information content (AvgIpc) is 2.29. The standard InChI is InChI=1S/C12H8FNO3/c1-2-14-9-4-3-7(13)5-8(9)11(15)6-10(14)12(16)17/h2-6H,1H2,(H,16,17). The van der Waals surface area contributed by atoms with Crippen LogP contribution in [0.5, 0.6) is 0 Å². The van der Waals surface area contributed by atoms with Gasteiger partial charge in [0.2, 0.25) is 0 Å². The van der Waals surface area contributed by atoms with Crippen molar-refractivity contribution in [2.75, 3.05) is 0 Å². The number of benzene rings is 1. The predicted molar refractivity (Wildman–Crippen MR) is 61.5 cm³/mol. The predicted octanol–water partition coefficient (Wildman–Crippen LogP) is 1.94. The van der Waals surface area contributed by atoms with Crippen LogP contribution in [0.15, 0.2) is 35.6 Å². The van der Waals surface area contributed by atoms with Gasteiger partial charge in [0.1, 0.15) is 11.5 Å². The van der Waals surface area contributed by atoms with Gasteiger partial charge in [0.15, 0.2) is 5.43 Å². The Labute approximate surface area is 95.2 Å². The van der Waals surface area contributed by atoms with Crippen molar-refractivity contribution in [1.82, 2.24) is 4.57 Å². The number of aromatic carboxylic acids is 1. The van der Waals surface area contributed by atoms with Gasteiger partial charge in [0.05, 0.1) is 5.52 Å². The fourth-order valence-corrected chi connectivity index (χ4v) is 1.68. The molecule has 0 saturated carbocycles. The molecule has 0 radical (unpaired) electrons. The number of rotatable bonds is 2. The lowest BCUT2D eigenvalue weighted by atomic mass is 10.1. The molecule has 0 aliphatic heterocycles. The van der Waals surface area contributed by atoms with Crippen LogP contribution < -0.4 is 5.43 Å². The first-order valence-corrected chi connectivity index (χ1v) is 4.75. The highest BCUT2D eigenvalue weighted by atomic mass is 19.1. The molecule has 86 valence electrons. The number of pyridine rings is 1. The molecule has 2 aromatic rings. The Morgan fingerprint density at radius 2 is 2.12 bits per heavy atom. The van der Waals surface area contributed by atoms with E-state index in [0.717, 1.165) is 18.2 Å². The minimum atomic E-state index is -1.24. The number of hydrogen-bond acceptors (Lipinski definition) is 2. The Kier molecular flexibility index (Phi) is 2.51. The summed E-state index contributed by atoms with van der Waals surface area (Å²) >= 11 is 0. The van der Waals surface area contributed by atoms with Crippen LogP contribution in [-0.4, -0.2) is 15.6 Å². The molecule has 0 aliphatic carbocycles. The summed E-state index contributed by atoms with van der Waals surface area (Å²) in [5, 5.41) is 9.07. The summed E-state index contributed by atoms with van der Waals surface area (Å²) in [5.41, 5.74) is -0.426. The summed E-state index contributed by atoms with van der Waals surface area (Å²) in [6.45, 7) is 3.48. The van der Waals surface area contributed by atoms with Crippen LogP contribution >= 0.6 is 0 Å². The van der Waals surface area contributed by atoms with Gasteiger partial charge >= 0.3 is 5.97 Å². The zero-order valence-electron chi connectivity index (χ0n) is 8.68. The number of carboxylic acids is 1. The molecule has 1 aromatic carbocycles. The number of hydrogen-bond donors (Lipinski definition) is 1. The van der Waals surface area contributed by atoms with E-state index in [2.05, 4.69) is 6.58 Å². The van der Waals surface area contributed by atoms with Crippen LogP contribution in [0, 0.1) is 5.82 Å². The summed E-state index contributed by atoms with van der Waals surface area (Å²) in [7, 11) is 0. The maximum atomic E-state index is 13.0. The van der Waals surface area contributed by atoms with Gasteiger partial charge in [0, 0.05) is 17.7 Å². The fourth-order valence-electron chi connectivity index (χ4n) is 1.68. The first kappa shape index (κ1) is 11.1. The Bertz CT molecular complexity index is 688. The summed E-state index contributed by atoms with van der Waals surface area (Å²) in [4.78, 5) is 22.6. The molecule has 1 aromatic heterocycles. The molecule has 0 amide bonds. The van der Waals surface area contributed by atoms with E-state index in [4.69, 9.17) is 5.11 Å². The fraction of sp³-hybridized carbons (Fsp3) is 0. The quantitative estimate of drug-likeness (QED) is 0.862. The molecule has 1 N–H and O–H groups in total. The lowest BCUT2D eigenvalue weighted by Crippen LogP contribution is -2.15. The van der Waals surface area contributed by atoms with Crippen LogP contribution in [0.2, 0.25) is 0 Å². The summed E-state index contributed by atoms with van der Waals surface area (Å²) in [6, 6.07) is 4.53. The molecule has 17 heavy (non-hydrogen) atoms. The van der Waals surface area contributed by atoms with E-state index in [1.54, 1.807) is 0 Å². The van der Waals surface area contributed by atoms with Gasteiger partial charge in [0.25, 0.3) is 0 Å². The first-order chi connectivity index (χ1) is 8.04. The minimum absolute atomic E-state index is 0.120. The van der Waals surface area contributed by atoms with E-state index in [9.17, 15) is 14.0 Å². The highest BCUT2D eigenvalue weighted by molar-refractivity contribution is 5.92. The van der Waals surface area contributed by atoms with Crippen molar-refractivity contribution in [1.29, 1.82) is 0 Å². The van der Waals surface area contributed by atoms with E-state index >= 15 is 0 Å². The Morgan fingerprint density at radius 3 is 2.71 bits per heavy atom. The third-order valence-corrected chi connectivity index (χ3v) is 2.41. The van der Waals surface area contributed by atoms with Gasteiger partial charge in [-0.15, -0.1) is 0 Å². The summed E-state index contributed by atoms with van der Waals surface area (Å²) in [5.74, 6) is -1.79. The zero-order chi connectivity index (χ0) is 12.6. The van der Waals surface area contributed by atoms with Crippen molar-refractivity contribution in [3.8, 4) is 0 Å². The van der Waals surface area contributed by atoms with E-state index in [0.29, 0.717) is 5.52 Å². The van der Waals surface area contributed by atoms with E-state index in [1.807, 2.05) is 0 Å². The van der Waals surface area contributed by atoms with Gasteiger partial charge in [-0.1, -0.05) is 6.58 Å². The van der Waals surface area contributed by atoms with Crippen molar-refractivity contribution in [3.63, 3.8) is 0 Å². The monoisotopic (exact) mass is 233 g/mol. The lowest BCUT2D eigenvalue weighted by Gasteiger charge is -2.09. The Hall–Kier alpha value is -2.43. The number of fused-ring (bicyclic) bond motifs is 1. The SMILES string of the molecule is C=Cn1c(C(=O)O)cc(=O)c2cc(F)ccc21. The van der Waals surface area contributed by atoms with Gasteiger partial charge in [-0.25, -0.2) is 9.18 Å². The second kappa shape index (κ2) is 3.86. The molecule has 1 heterocycles. The molecule has 4 nitrogen and oxygen atoms in total. The molecule has 0 unspecified atom stereocenters. The third-order valence-electron chi connectivity index (χ3n) is 2.41. The molecule has 0 bridgehead atoms. The van der Waals surface area contributed by atoms with Crippen molar-refractivity contribution in [2.24, 2.45) is 0 Å². The number of halogens is 1. The second-order valence-corrected chi connectivity index (χ2v) is 3.41. The van der Waals surface area contributed by atoms with Crippen molar-refractivity contribution < 1.29 is 14.3 Å². The van der Waals surface area contributed by atoms with Gasteiger partial charge < -0.3 is 9.67 Å². The summed E-state index contributed by atoms with van der Waals surface area (Å²) < 4.78 is 14.3. The van der Waals surface area contributed by atoms with E-state index in [1.165, 1.54) is 16.8 Å². The number of carbonyl (C=O) groups is 1. The zero-order valence-corrected chi connectivity index (χ0v) is 8.68. The van der Waals surface area contributed by atoms with Crippen molar-refractivity contribution in [2.45, 2.75) is 0 Å². The maximum absolute atomic E-state index is 13.0. The molecule has 0 spiro atoms. The van der Waals surface area contributed by atoms with Crippen LogP contribution in [0.1, 0.15) is 10.5 Å². The molecular formula is C12H8FNO3. The molecular weight excluding hydrogens is 225 g/mol. The molecule has 0 fully saturated rings. The van der Waals surface area contributed by atoms with Crippen LogP contribution in [0.25, 0.3) is 17.1 Å². The average molecular weight is 233 g/mol. The largest absolute Gasteiger partial charge is 0.477 e.